The van der Waals surface area contributed by atoms with E-state index in [9.17, 15) is 4.79 Å². The van der Waals surface area contributed by atoms with E-state index in [1.54, 1.807) is 18.0 Å². The lowest BCUT2D eigenvalue weighted by Gasteiger charge is -2.34. The smallest absolute Gasteiger partial charge is 0.251 e. The van der Waals surface area contributed by atoms with Crippen LogP contribution in [0.2, 0.25) is 0 Å². The maximum Gasteiger partial charge on any atom is 0.251 e. The summed E-state index contributed by atoms with van der Waals surface area (Å²) in [4.78, 5) is 24.7. The number of ether oxygens (including phenoxy) is 2. The molecule has 0 aliphatic carbocycles. The molecule has 1 aliphatic heterocycles. The molecule has 7 heteroatoms. The molecule has 0 saturated carbocycles. The first kappa shape index (κ1) is 16.6. The number of carbonyl (C=O) groups is 1. The van der Waals surface area contributed by atoms with Crippen molar-refractivity contribution in [2.45, 2.75) is 26.1 Å². The molecule has 2 rings (SSSR count). The van der Waals surface area contributed by atoms with Crippen molar-refractivity contribution in [2.75, 3.05) is 45.3 Å². The van der Waals surface area contributed by atoms with Crippen molar-refractivity contribution in [2.24, 2.45) is 0 Å². The standard InChI is InChI=1S/C15H24N4O3/c1-5-21-11(2)14(20)19-8-9-22-13(10-19)12-6-7-16-15(17-12)18(3)4/h6-7,11,13H,5,8-10H2,1-4H3/t11-,13-/m0/s1. The van der Waals surface area contributed by atoms with E-state index < -0.39 is 6.10 Å². The number of hydrogen-bond donors (Lipinski definition) is 0. The Hall–Kier alpha value is -1.73. The van der Waals surface area contributed by atoms with Crippen molar-refractivity contribution in [1.82, 2.24) is 14.9 Å². The summed E-state index contributed by atoms with van der Waals surface area (Å²) < 4.78 is 11.2. The van der Waals surface area contributed by atoms with Gasteiger partial charge in [0.05, 0.1) is 18.8 Å². The number of morpholine rings is 1. The molecule has 0 unspecified atom stereocenters. The van der Waals surface area contributed by atoms with E-state index in [-0.39, 0.29) is 12.0 Å². The molecule has 0 N–H and O–H groups in total. The van der Waals surface area contributed by atoms with Crippen LogP contribution in [0.3, 0.4) is 0 Å². The molecule has 0 spiro atoms. The minimum atomic E-state index is -0.425. The van der Waals surface area contributed by atoms with Crippen molar-refractivity contribution < 1.29 is 14.3 Å². The van der Waals surface area contributed by atoms with Gasteiger partial charge in [0, 0.05) is 33.4 Å². The fourth-order valence-corrected chi connectivity index (χ4v) is 2.36. The molecular formula is C15H24N4O3. The molecule has 2 atom stereocenters. The van der Waals surface area contributed by atoms with Crippen LogP contribution in [-0.4, -0.2) is 67.3 Å². The van der Waals surface area contributed by atoms with E-state index in [1.807, 2.05) is 32.0 Å². The average molecular weight is 308 g/mol. The second-order valence-corrected chi connectivity index (χ2v) is 5.42. The molecule has 1 amide bonds. The summed E-state index contributed by atoms with van der Waals surface area (Å²) in [6, 6.07) is 1.83. The second-order valence-electron chi connectivity index (χ2n) is 5.42. The molecule has 7 nitrogen and oxygen atoms in total. The van der Waals surface area contributed by atoms with Gasteiger partial charge in [-0.25, -0.2) is 9.97 Å². The molecule has 1 aromatic heterocycles. The molecule has 122 valence electrons. The zero-order valence-electron chi connectivity index (χ0n) is 13.7. The molecule has 1 saturated heterocycles. The zero-order chi connectivity index (χ0) is 16.1. The fraction of sp³-hybridized carbons (Fsp3) is 0.667. The van der Waals surface area contributed by atoms with Crippen LogP contribution in [0.1, 0.15) is 25.6 Å². The van der Waals surface area contributed by atoms with Crippen LogP contribution in [0, 0.1) is 0 Å². The van der Waals surface area contributed by atoms with Gasteiger partial charge in [-0.05, 0) is 19.9 Å². The van der Waals surface area contributed by atoms with Gasteiger partial charge in [-0.3, -0.25) is 4.79 Å². The predicted octanol–water partition coefficient (Wildman–Crippen LogP) is 0.867. The third-order valence-corrected chi connectivity index (χ3v) is 3.54. The van der Waals surface area contributed by atoms with E-state index in [1.165, 1.54) is 0 Å². The topological polar surface area (TPSA) is 67.8 Å². The normalized spacial score (nSPS) is 19.8. The van der Waals surface area contributed by atoms with E-state index in [0.717, 1.165) is 5.69 Å². The second kappa shape index (κ2) is 7.51. The van der Waals surface area contributed by atoms with Gasteiger partial charge in [-0.1, -0.05) is 0 Å². The Morgan fingerprint density at radius 2 is 2.36 bits per heavy atom. The summed E-state index contributed by atoms with van der Waals surface area (Å²) in [6.45, 7) is 5.76. The summed E-state index contributed by atoms with van der Waals surface area (Å²) in [7, 11) is 3.78. The van der Waals surface area contributed by atoms with Crippen LogP contribution in [-0.2, 0) is 14.3 Å². The summed E-state index contributed by atoms with van der Waals surface area (Å²) >= 11 is 0. The molecular weight excluding hydrogens is 284 g/mol. The van der Waals surface area contributed by atoms with Crippen molar-refractivity contribution in [3.63, 3.8) is 0 Å². The fourth-order valence-electron chi connectivity index (χ4n) is 2.36. The molecule has 1 fully saturated rings. The van der Waals surface area contributed by atoms with Crippen LogP contribution in [0.4, 0.5) is 5.95 Å². The monoisotopic (exact) mass is 308 g/mol. The third kappa shape index (κ3) is 3.92. The minimum Gasteiger partial charge on any atom is -0.369 e. The minimum absolute atomic E-state index is 0.00274. The highest BCUT2D eigenvalue weighted by Crippen LogP contribution is 2.22. The lowest BCUT2D eigenvalue weighted by Crippen LogP contribution is -2.46. The molecule has 0 radical (unpaired) electrons. The van der Waals surface area contributed by atoms with E-state index >= 15 is 0 Å². The Kier molecular flexibility index (Phi) is 5.68. The van der Waals surface area contributed by atoms with Gasteiger partial charge in [0.1, 0.15) is 12.2 Å². The molecule has 1 aliphatic rings. The lowest BCUT2D eigenvalue weighted by atomic mass is 10.2. The number of amides is 1. The van der Waals surface area contributed by atoms with Crippen molar-refractivity contribution in [3.05, 3.63) is 18.0 Å². The van der Waals surface area contributed by atoms with Crippen molar-refractivity contribution >= 4 is 11.9 Å². The van der Waals surface area contributed by atoms with Gasteiger partial charge < -0.3 is 19.3 Å². The van der Waals surface area contributed by atoms with Crippen LogP contribution in [0.15, 0.2) is 12.3 Å². The molecule has 22 heavy (non-hydrogen) atoms. The summed E-state index contributed by atoms with van der Waals surface area (Å²) in [5.74, 6) is 0.629. The summed E-state index contributed by atoms with van der Waals surface area (Å²) in [5, 5.41) is 0. The summed E-state index contributed by atoms with van der Waals surface area (Å²) in [6.07, 6.45) is 1.06. The van der Waals surface area contributed by atoms with Crippen LogP contribution in [0.25, 0.3) is 0 Å². The van der Waals surface area contributed by atoms with Gasteiger partial charge in [-0.15, -0.1) is 0 Å². The largest absolute Gasteiger partial charge is 0.369 e. The Labute approximate surface area is 131 Å². The Balaban J connectivity index is 2.07. The maximum atomic E-state index is 12.3. The number of hydrogen-bond acceptors (Lipinski definition) is 6. The predicted molar refractivity (Wildman–Crippen MR) is 82.7 cm³/mol. The van der Waals surface area contributed by atoms with E-state index in [4.69, 9.17) is 9.47 Å². The first-order valence-corrected chi connectivity index (χ1v) is 7.55. The summed E-state index contributed by atoms with van der Waals surface area (Å²) in [5.41, 5.74) is 0.792. The van der Waals surface area contributed by atoms with Gasteiger partial charge in [-0.2, -0.15) is 0 Å². The highest BCUT2D eigenvalue weighted by Gasteiger charge is 2.29. The average Bonchev–Trinajstić information content (AvgIpc) is 2.54. The molecule has 2 heterocycles. The van der Waals surface area contributed by atoms with Gasteiger partial charge in [0.15, 0.2) is 0 Å². The number of aromatic nitrogens is 2. The SMILES string of the molecule is CCO[C@@H](C)C(=O)N1CCO[C@H](c2ccnc(N(C)C)n2)C1. The third-order valence-electron chi connectivity index (χ3n) is 3.54. The van der Waals surface area contributed by atoms with E-state index in [2.05, 4.69) is 9.97 Å². The maximum absolute atomic E-state index is 12.3. The molecule has 0 bridgehead atoms. The highest BCUT2D eigenvalue weighted by molar-refractivity contribution is 5.80. The Morgan fingerprint density at radius 3 is 3.05 bits per heavy atom. The van der Waals surface area contributed by atoms with Crippen molar-refractivity contribution in [3.8, 4) is 0 Å². The Morgan fingerprint density at radius 1 is 1.59 bits per heavy atom. The van der Waals surface area contributed by atoms with Gasteiger partial charge in [0.2, 0.25) is 5.95 Å². The lowest BCUT2D eigenvalue weighted by molar-refractivity contribution is -0.150. The first-order chi connectivity index (χ1) is 10.5. The zero-order valence-corrected chi connectivity index (χ0v) is 13.7. The number of rotatable bonds is 5. The number of nitrogens with zero attached hydrogens (tertiary/aromatic N) is 4. The van der Waals surface area contributed by atoms with Gasteiger partial charge >= 0.3 is 0 Å². The van der Waals surface area contributed by atoms with Crippen LogP contribution >= 0.6 is 0 Å². The van der Waals surface area contributed by atoms with Crippen LogP contribution < -0.4 is 4.90 Å². The van der Waals surface area contributed by atoms with Crippen LogP contribution in [0.5, 0.6) is 0 Å². The number of carbonyl (C=O) groups excluding carboxylic acids is 1. The highest BCUT2D eigenvalue weighted by atomic mass is 16.5. The Bertz CT molecular complexity index is 509. The quantitative estimate of drug-likeness (QED) is 0.804. The van der Waals surface area contributed by atoms with Gasteiger partial charge in [0.25, 0.3) is 5.91 Å². The molecule has 1 aromatic rings. The first-order valence-electron chi connectivity index (χ1n) is 7.55. The molecule has 0 aromatic carbocycles. The van der Waals surface area contributed by atoms with E-state index in [0.29, 0.717) is 32.3 Å². The van der Waals surface area contributed by atoms with Crippen molar-refractivity contribution in [1.29, 1.82) is 0 Å². The number of anilines is 1.